The third kappa shape index (κ3) is 12.6. The van der Waals surface area contributed by atoms with Crippen molar-refractivity contribution in [2.24, 2.45) is 16.5 Å². The number of nitrogens with one attached hydrogen (secondary N) is 3. The number of Topliss-reactive ketones (excluding diaryl/α,β-unsaturated/α-hetero) is 2. The van der Waals surface area contributed by atoms with Crippen LogP contribution in [0.4, 0.5) is 0 Å². The van der Waals surface area contributed by atoms with E-state index in [2.05, 4.69) is 30.1 Å². The molecule has 0 aliphatic carbocycles. The van der Waals surface area contributed by atoms with Gasteiger partial charge in [0.05, 0.1) is 18.6 Å². The number of rotatable bonds is 11. The minimum atomic E-state index is -0.885. The molecule has 0 rings (SSSR count). The average Bonchev–Trinajstić information content (AvgIpc) is 2.54. The molecule has 0 radical (unpaired) electrons. The number of nitrogens with zero attached hydrogens (tertiary/aromatic N) is 1. The summed E-state index contributed by atoms with van der Waals surface area (Å²) in [6, 6.07) is -1.67. The van der Waals surface area contributed by atoms with Gasteiger partial charge in [0.1, 0.15) is 5.78 Å². The zero-order valence-electron chi connectivity index (χ0n) is 15.0. The lowest BCUT2D eigenvalue weighted by atomic mass is 10.1. The summed E-state index contributed by atoms with van der Waals surface area (Å²) < 4.78 is 0. The van der Waals surface area contributed by atoms with E-state index in [-0.39, 0.29) is 44.0 Å². The Morgan fingerprint density at radius 3 is 2.31 bits per heavy atom. The monoisotopic (exact) mass is 408 g/mol. The largest absolute Gasteiger partial charge is 0.370 e. The Labute approximate surface area is 162 Å². The number of ketones is 2. The minimum absolute atomic E-state index is 0. The van der Waals surface area contributed by atoms with Crippen molar-refractivity contribution in [2.45, 2.75) is 45.2 Å². The van der Waals surface area contributed by atoms with Crippen molar-refractivity contribution in [3.63, 3.8) is 0 Å². The second kappa shape index (κ2) is 14.5. The maximum Gasteiger partial charge on any atom is 0.239 e. The molecule has 0 aliphatic heterocycles. The summed E-state index contributed by atoms with van der Waals surface area (Å²) in [5, 5.41) is 7.39. The number of hydrogen-bond acceptors (Lipinski definition) is 6. The van der Waals surface area contributed by atoms with Gasteiger partial charge in [-0.2, -0.15) is 13.5 Å². The van der Waals surface area contributed by atoms with Crippen LogP contribution in [0.15, 0.2) is 4.99 Å². The van der Waals surface area contributed by atoms with Gasteiger partial charge >= 0.3 is 0 Å². The van der Waals surface area contributed by atoms with Crippen molar-refractivity contribution in [1.82, 2.24) is 15.7 Å². The first-order valence-corrected chi connectivity index (χ1v) is 8.34. The predicted molar refractivity (Wildman–Crippen MR) is 108 cm³/mol. The molecule has 0 bridgehead atoms. The van der Waals surface area contributed by atoms with Gasteiger partial charge < -0.3 is 27.2 Å². The van der Waals surface area contributed by atoms with Gasteiger partial charge in [0.2, 0.25) is 11.8 Å². The summed E-state index contributed by atoms with van der Waals surface area (Å²) in [6.45, 7) is 2.71. The van der Waals surface area contributed by atoms with Crippen LogP contribution in [0, 0.1) is 0 Å². The zero-order chi connectivity index (χ0) is 19.4. The molecule has 1 unspecified atom stereocenters. The summed E-state index contributed by atoms with van der Waals surface area (Å²) in [7, 11) is 2.21. The van der Waals surface area contributed by atoms with E-state index in [9.17, 15) is 19.2 Å². The summed E-state index contributed by atoms with van der Waals surface area (Å²) in [5.41, 5.74) is 11.2. The molecule has 0 aromatic carbocycles. The lowest BCUT2D eigenvalue weighted by molar-refractivity contribution is -0.130. The van der Waals surface area contributed by atoms with Gasteiger partial charge in [0, 0.05) is 13.0 Å². The van der Waals surface area contributed by atoms with E-state index in [0.29, 0.717) is 19.4 Å². The third-order valence-electron chi connectivity index (χ3n) is 3.18. The third-order valence-corrected chi connectivity index (χ3v) is 3.48. The molecule has 0 fully saturated rings. The maximum atomic E-state index is 11.8. The highest BCUT2D eigenvalue weighted by Crippen LogP contribution is 1.97. The molecule has 0 aromatic rings. The Bertz CT molecular complexity index is 532. The van der Waals surface area contributed by atoms with E-state index in [1.165, 1.54) is 13.8 Å². The minimum Gasteiger partial charge on any atom is -0.370 e. The van der Waals surface area contributed by atoms with Crippen molar-refractivity contribution in [2.75, 3.05) is 13.1 Å². The van der Waals surface area contributed by atoms with Gasteiger partial charge in [0.25, 0.3) is 0 Å². The Balaban J connectivity index is 0. The number of nitrogens with two attached hydrogens (primary N) is 2. The van der Waals surface area contributed by atoms with Crippen LogP contribution in [0.3, 0.4) is 0 Å². The molecular weight excluding hydrogens is 379 g/mol. The van der Waals surface area contributed by atoms with Crippen LogP contribution in [0.5, 0.6) is 0 Å². The van der Waals surface area contributed by atoms with Crippen LogP contribution in [0.25, 0.3) is 0 Å². The molecule has 26 heavy (non-hydrogen) atoms. The van der Waals surface area contributed by atoms with Crippen molar-refractivity contribution in [1.29, 1.82) is 0 Å². The fourth-order valence-electron chi connectivity index (χ4n) is 1.82. The molecule has 0 heterocycles. The van der Waals surface area contributed by atoms with Gasteiger partial charge in [0.15, 0.2) is 11.7 Å². The molecule has 7 N–H and O–H groups in total. The molecule has 0 spiro atoms. The molecule has 10 nitrogen and oxygen atoms in total. The van der Waals surface area contributed by atoms with Gasteiger partial charge in [-0.05, 0) is 36.1 Å². The topological polar surface area (TPSA) is 169 Å². The number of amides is 2. The molecule has 2 amide bonds. The molecule has 0 aromatic heterocycles. The fourth-order valence-corrected chi connectivity index (χ4v) is 1.91. The van der Waals surface area contributed by atoms with Crippen molar-refractivity contribution >= 4 is 52.2 Å². The molecule has 150 valence electrons. The fraction of sp³-hybridized carbons (Fsp3) is 0.643. The SMILES string of the molecule is CC(=O)C[C@H](NC(=O)CNC(=O)[C@@H](N)CCCN=C(N)NP)C(C)=O.S. The van der Waals surface area contributed by atoms with E-state index in [1.54, 1.807) is 0 Å². The first kappa shape index (κ1) is 26.5. The highest BCUT2D eigenvalue weighted by molar-refractivity contribution is 7.59. The molecule has 3 atom stereocenters. The molecular formula is C14H29N6O4PS. The lowest BCUT2D eigenvalue weighted by Crippen LogP contribution is -2.48. The van der Waals surface area contributed by atoms with Crippen molar-refractivity contribution in [3.8, 4) is 0 Å². The van der Waals surface area contributed by atoms with Gasteiger partial charge in [-0.1, -0.05) is 0 Å². The van der Waals surface area contributed by atoms with Crippen LogP contribution in [0.1, 0.15) is 33.1 Å². The summed E-state index contributed by atoms with van der Waals surface area (Å²) in [4.78, 5) is 50.0. The standard InChI is InChI=1S/C14H27N6O4P.H2S/c1-8(21)6-11(9(2)22)19-12(23)7-18-13(24)10(15)4-3-5-17-14(16)20-25;/h10-11H,3-7,15,25H2,1-2H3,(H,18,24)(H,19,23)(H3,16,17,20);1H2/t10-,11-;/m0./s1. The predicted octanol–water partition coefficient (Wildman–Crippen LogP) is -1.93. The Morgan fingerprint density at radius 1 is 1.19 bits per heavy atom. The second-order valence-electron chi connectivity index (χ2n) is 5.51. The highest BCUT2D eigenvalue weighted by atomic mass is 32.1. The maximum absolute atomic E-state index is 11.8. The van der Waals surface area contributed by atoms with Crippen molar-refractivity contribution < 1.29 is 19.2 Å². The Morgan fingerprint density at radius 2 is 1.81 bits per heavy atom. The van der Waals surface area contributed by atoms with E-state index in [0.717, 1.165) is 0 Å². The molecule has 0 saturated heterocycles. The Hall–Kier alpha value is -1.71. The number of aliphatic imine (C=N–C) groups is 1. The van der Waals surface area contributed by atoms with Crippen LogP contribution in [0.2, 0.25) is 0 Å². The summed E-state index contributed by atoms with van der Waals surface area (Å²) in [6.07, 6.45) is 0.851. The number of hydrogen-bond donors (Lipinski definition) is 5. The van der Waals surface area contributed by atoms with E-state index >= 15 is 0 Å². The summed E-state index contributed by atoms with van der Waals surface area (Å²) in [5.74, 6) is -1.32. The molecule has 12 heteroatoms. The second-order valence-corrected chi connectivity index (χ2v) is 5.80. The average molecular weight is 408 g/mol. The van der Waals surface area contributed by atoms with Crippen LogP contribution >= 0.6 is 22.9 Å². The van der Waals surface area contributed by atoms with Crippen LogP contribution in [-0.2, 0) is 19.2 Å². The van der Waals surface area contributed by atoms with E-state index < -0.39 is 23.9 Å². The van der Waals surface area contributed by atoms with E-state index in [1.807, 2.05) is 0 Å². The normalized spacial score (nSPS) is 13.0. The van der Waals surface area contributed by atoms with Crippen LogP contribution < -0.4 is 27.2 Å². The number of carbonyl (C=O) groups excluding carboxylic acids is 4. The van der Waals surface area contributed by atoms with Gasteiger partial charge in [-0.15, -0.1) is 0 Å². The van der Waals surface area contributed by atoms with E-state index in [4.69, 9.17) is 11.5 Å². The Kier molecular flexibility index (Phi) is 14.7. The van der Waals surface area contributed by atoms with Crippen molar-refractivity contribution in [3.05, 3.63) is 0 Å². The lowest BCUT2D eigenvalue weighted by Gasteiger charge is -2.16. The zero-order valence-corrected chi connectivity index (χ0v) is 17.2. The smallest absolute Gasteiger partial charge is 0.239 e. The summed E-state index contributed by atoms with van der Waals surface area (Å²) >= 11 is 0. The molecule has 0 saturated carbocycles. The first-order valence-electron chi connectivity index (χ1n) is 7.76. The van der Waals surface area contributed by atoms with Gasteiger partial charge in [-0.3, -0.25) is 24.2 Å². The first-order chi connectivity index (χ1) is 11.7. The number of guanidine groups is 1. The van der Waals surface area contributed by atoms with Gasteiger partial charge in [-0.25, -0.2) is 0 Å². The number of carbonyl (C=O) groups is 4. The van der Waals surface area contributed by atoms with Crippen LogP contribution in [-0.4, -0.2) is 54.5 Å². The highest BCUT2D eigenvalue weighted by Gasteiger charge is 2.20. The molecule has 0 aliphatic rings. The quantitative estimate of drug-likeness (QED) is 0.115.